The fourth-order valence-corrected chi connectivity index (χ4v) is 5.83. The minimum absolute atomic E-state index is 0.0635. The van der Waals surface area contributed by atoms with Crippen molar-refractivity contribution in [2.45, 2.75) is 44.9 Å². The molecule has 4 aromatic carbocycles. The highest BCUT2D eigenvalue weighted by molar-refractivity contribution is 5.78. The van der Waals surface area contributed by atoms with Gasteiger partial charge in [0.15, 0.2) is 0 Å². The van der Waals surface area contributed by atoms with Crippen LogP contribution in [0.5, 0.6) is 0 Å². The van der Waals surface area contributed by atoms with E-state index in [0.717, 1.165) is 57.5 Å². The van der Waals surface area contributed by atoms with E-state index in [-0.39, 0.29) is 18.6 Å². The third-order valence-corrected chi connectivity index (χ3v) is 8.16. The zero-order chi connectivity index (χ0) is 29.0. The van der Waals surface area contributed by atoms with Crippen molar-refractivity contribution < 1.29 is 9.53 Å². The molecule has 0 saturated carbocycles. The number of hydrogen-bond acceptors (Lipinski definition) is 4. The topological polar surface area (TPSA) is 44.8 Å². The van der Waals surface area contributed by atoms with Gasteiger partial charge in [-0.2, -0.15) is 0 Å². The Morgan fingerprint density at radius 1 is 0.786 bits per heavy atom. The third kappa shape index (κ3) is 8.62. The number of benzene rings is 4. The van der Waals surface area contributed by atoms with E-state index in [2.05, 4.69) is 119 Å². The lowest BCUT2D eigenvalue weighted by Crippen LogP contribution is -2.47. The molecule has 4 aromatic rings. The molecule has 5 heteroatoms. The summed E-state index contributed by atoms with van der Waals surface area (Å²) in [5.74, 6) is 0.0635. The van der Waals surface area contributed by atoms with Crippen molar-refractivity contribution in [3.8, 4) is 11.1 Å². The van der Waals surface area contributed by atoms with E-state index in [9.17, 15) is 4.79 Å². The molecule has 5 rings (SSSR count). The van der Waals surface area contributed by atoms with Crippen molar-refractivity contribution in [2.24, 2.45) is 0 Å². The van der Waals surface area contributed by atoms with Crippen LogP contribution in [0.2, 0.25) is 0 Å². The smallest absolute Gasteiger partial charge is 0.249 e. The Morgan fingerprint density at radius 3 is 2.14 bits per heavy atom. The van der Waals surface area contributed by atoms with E-state index in [4.69, 9.17) is 4.74 Å². The Bertz CT molecular complexity index is 1370. The van der Waals surface area contributed by atoms with Crippen LogP contribution >= 0.6 is 0 Å². The standard InChI is InChI=1S/C37H43N3O2/c1-42-29-37(41)40(36-20-23-39(24-21-36)27-32-11-6-3-7-12-32)28-33-13-8-14-35(25-33)34-17-15-31(16-18-34)26-38-22-19-30-9-4-2-5-10-30/h2-18,25,36,38H,19-24,26-29H2,1H3. The Hall–Kier alpha value is -3.77. The zero-order valence-electron chi connectivity index (χ0n) is 24.8. The Balaban J connectivity index is 1.17. The third-order valence-electron chi connectivity index (χ3n) is 8.16. The minimum atomic E-state index is 0.0635. The summed E-state index contributed by atoms with van der Waals surface area (Å²) < 4.78 is 5.27. The lowest BCUT2D eigenvalue weighted by Gasteiger charge is -2.38. The van der Waals surface area contributed by atoms with Gasteiger partial charge in [0, 0.05) is 45.9 Å². The molecule has 1 heterocycles. The second-order valence-electron chi connectivity index (χ2n) is 11.3. The number of hydrogen-bond donors (Lipinski definition) is 1. The number of methoxy groups -OCH3 is 1. The number of nitrogens with one attached hydrogen (secondary N) is 1. The highest BCUT2D eigenvalue weighted by Crippen LogP contribution is 2.25. The molecule has 0 spiro atoms. The highest BCUT2D eigenvalue weighted by Gasteiger charge is 2.28. The maximum absolute atomic E-state index is 13.2. The Kier molecular flexibility index (Phi) is 10.9. The first-order valence-corrected chi connectivity index (χ1v) is 15.2. The Morgan fingerprint density at radius 2 is 1.45 bits per heavy atom. The van der Waals surface area contributed by atoms with Crippen LogP contribution in [0.1, 0.15) is 35.1 Å². The highest BCUT2D eigenvalue weighted by atomic mass is 16.5. The summed E-state index contributed by atoms with van der Waals surface area (Å²) in [7, 11) is 1.60. The molecule has 42 heavy (non-hydrogen) atoms. The second kappa shape index (κ2) is 15.5. The van der Waals surface area contributed by atoms with E-state index >= 15 is 0 Å². The summed E-state index contributed by atoms with van der Waals surface area (Å²) in [6.45, 7) is 5.47. The number of likely N-dealkylation sites (tertiary alicyclic amines) is 1. The molecule has 218 valence electrons. The maximum atomic E-state index is 13.2. The molecule has 0 atom stereocenters. The van der Waals surface area contributed by atoms with Crippen LogP contribution in [0, 0.1) is 0 Å². The van der Waals surface area contributed by atoms with Crippen molar-refractivity contribution in [3.63, 3.8) is 0 Å². The molecule has 0 aliphatic carbocycles. The van der Waals surface area contributed by atoms with E-state index in [1.54, 1.807) is 7.11 Å². The number of piperidine rings is 1. The molecule has 0 aromatic heterocycles. The molecule has 0 radical (unpaired) electrons. The SMILES string of the molecule is COCC(=O)N(Cc1cccc(-c2ccc(CNCCc3ccccc3)cc2)c1)C1CCN(Cc2ccccc2)CC1. The predicted molar refractivity (Wildman–Crippen MR) is 171 cm³/mol. The van der Waals surface area contributed by atoms with Crippen LogP contribution < -0.4 is 5.32 Å². The predicted octanol–water partition coefficient (Wildman–Crippen LogP) is 6.33. The van der Waals surface area contributed by atoms with Gasteiger partial charge in [0.1, 0.15) is 6.61 Å². The fraction of sp³-hybridized carbons (Fsp3) is 0.324. The fourth-order valence-electron chi connectivity index (χ4n) is 5.83. The minimum Gasteiger partial charge on any atom is -0.375 e. The Labute approximate surface area is 251 Å². The van der Waals surface area contributed by atoms with E-state index < -0.39 is 0 Å². The molecule has 1 N–H and O–H groups in total. The normalized spacial score (nSPS) is 14.1. The van der Waals surface area contributed by atoms with Gasteiger partial charge in [-0.05, 0) is 65.3 Å². The molecular weight excluding hydrogens is 518 g/mol. The van der Waals surface area contributed by atoms with Gasteiger partial charge >= 0.3 is 0 Å². The van der Waals surface area contributed by atoms with Crippen LogP contribution in [-0.4, -0.2) is 55.1 Å². The maximum Gasteiger partial charge on any atom is 0.249 e. The van der Waals surface area contributed by atoms with Gasteiger partial charge in [0.25, 0.3) is 0 Å². The van der Waals surface area contributed by atoms with Gasteiger partial charge in [-0.1, -0.05) is 103 Å². The molecule has 1 aliphatic rings. The first kappa shape index (κ1) is 29.7. The summed E-state index contributed by atoms with van der Waals surface area (Å²) in [5, 5.41) is 3.56. The van der Waals surface area contributed by atoms with E-state index in [1.165, 1.54) is 27.8 Å². The lowest BCUT2D eigenvalue weighted by molar-refractivity contribution is -0.139. The number of rotatable bonds is 13. The van der Waals surface area contributed by atoms with Crippen LogP contribution in [0.15, 0.2) is 109 Å². The first-order valence-electron chi connectivity index (χ1n) is 15.2. The van der Waals surface area contributed by atoms with Gasteiger partial charge in [0.05, 0.1) is 0 Å². The van der Waals surface area contributed by atoms with Crippen LogP contribution in [0.4, 0.5) is 0 Å². The molecule has 1 amide bonds. The molecule has 1 fully saturated rings. The first-order chi connectivity index (χ1) is 20.7. The van der Waals surface area contributed by atoms with Gasteiger partial charge in [0.2, 0.25) is 5.91 Å². The number of carbonyl (C=O) groups excluding carboxylic acids is 1. The number of nitrogens with zero attached hydrogens (tertiary/aromatic N) is 2. The van der Waals surface area contributed by atoms with E-state index in [1.807, 2.05) is 4.90 Å². The molecule has 5 nitrogen and oxygen atoms in total. The van der Waals surface area contributed by atoms with Crippen LogP contribution in [0.3, 0.4) is 0 Å². The van der Waals surface area contributed by atoms with Gasteiger partial charge < -0.3 is 15.0 Å². The summed E-state index contributed by atoms with van der Waals surface area (Å²) >= 11 is 0. The van der Waals surface area contributed by atoms with Crippen LogP contribution in [-0.2, 0) is 35.6 Å². The average Bonchev–Trinajstić information content (AvgIpc) is 3.04. The van der Waals surface area contributed by atoms with Crippen LogP contribution in [0.25, 0.3) is 11.1 Å². The van der Waals surface area contributed by atoms with Gasteiger partial charge in [-0.3, -0.25) is 9.69 Å². The second-order valence-corrected chi connectivity index (χ2v) is 11.3. The summed E-state index contributed by atoms with van der Waals surface area (Å²) in [5.41, 5.74) is 7.48. The van der Waals surface area contributed by atoms with Crippen molar-refractivity contribution in [2.75, 3.05) is 33.4 Å². The molecule has 0 unspecified atom stereocenters. The monoisotopic (exact) mass is 561 g/mol. The largest absolute Gasteiger partial charge is 0.375 e. The number of ether oxygens (including phenoxy) is 1. The molecule has 1 saturated heterocycles. The average molecular weight is 562 g/mol. The van der Waals surface area contributed by atoms with Crippen molar-refractivity contribution >= 4 is 5.91 Å². The summed E-state index contributed by atoms with van der Waals surface area (Å²) in [4.78, 5) is 17.7. The van der Waals surface area contributed by atoms with Crippen molar-refractivity contribution in [3.05, 3.63) is 131 Å². The molecule has 0 bridgehead atoms. The number of amides is 1. The zero-order valence-corrected chi connectivity index (χ0v) is 24.8. The summed E-state index contributed by atoms with van der Waals surface area (Å²) in [6, 6.07) is 38.9. The van der Waals surface area contributed by atoms with Crippen molar-refractivity contribution in [1.82, 2.24) is 15.1 Å². The van der Waals surface area contributed by atoms with Gasteiger partial charge in [-0.15, -0.1) is 0 Å². The summed E-state index contributed by atoms with van der Waals surface area (Å²) in [6.07, 6.45) is 2.98. The lowest BCUT2D eigenvalue weighted by atomic mass is 9.99. The van der Waals surface area contributed by atoms with E-state index in [0.29, 0.717) is 6.54 Å². The molecular formula is C37H43N3O2. The quantitative estimate of drug-likeness (QED) is 0.194. The van der Waals surface area contributed by atoms with Crippen molar-refractivity contribution in [1.29, 1.82) is 0 Å². The van der Waals surface area contributed by atoms with Gasteiger partial charge in [-0.25, -0.2) is 0 Å². The number of carbonyl (C=O) groups is 1. The molecule has 1 aliphatic heterocycles.